The molecule has 23 heavy (non-hydrogen) atoms. The zero-order valence-electron chi connectivity index (χ0n) is 13.1. The van der Waals surface area contributed by atoms with Gasteiger partial charge in [-0.05, 0) is 44.7 Å². The summed E-state index contributed by atoms with van der Waals surface area (Å²) in [7, 11) is 0. The molecule has 0 spiro atoms. The van der Waals surface area contributed by atoms with Crippen molar-refractivity contribution in [2.75, 3.05) is 6.61 Å². The molecule has 6 heteroatoms. The van der Waals surface area contributed by atoms with Gasteiger partial charge in [-0.25, -0.2) is 5.43 Å². The first-order chi connectivity index (χ1) is 11.3. The average molecular weight is 312 g/mol. The van der Waals surface area contributed by atoms with Crippen LogP contribution < -0.4 is 10.2 Å². The molecular weight excluding hydrogens is 292 g/mol. The summed E-state index contributed by atoms with van der Waals surface area (Å²) in [5.74, 6) is 0.458. The molecule has 120 valence electrons. The van der Waals surface area contributed by atoms with Gasteiger partial charge in [-0.15, -0.1) is 0 Å². The van der Waals surface area contributed by atoms with Crippen LogP contribution in [0.15, 0.2) is 29.4 Å². The molecule has 1 aliphatic carbocycles. The van der Waals surface area contributed by atoms with E-state index < -0.39 is 0 Å². The van der Waals surface area contributed by atoms with Crippen LogP contribution in [0.3, 0.4) is 0 Å². The number of hydrogen-bond donors (Lipinski definition) is 2. The van der Waals surface area contributed by atoms with E-state index in [1.807, 2.05) is 31.2 Å². The van der Waals surface area contributed by atoms with Crippen LogP contribution in [0, 0.1) is 0 Å². The average Bonchev–Trinajstić information content (AvgIpc) is 3.01. The first-order valence-corrected chi connectivity index (χ1v) is 7.91. The van der Waals surface area contributed by atoms with Gasteiger partial charge in [0.15, 0.2) is 5.69 Å². The summed E-state index contributed by atoms with van der Waals surface area (Å²) in [6, 6.07) is 7.56. The van der Waals surface area contributed by atoms with Gasteiger partial charge in [0.1, 0.15) is 5.75 Å². The van der Waals surface area contributed by atoms with E-state index in [1.54, 1.807) is 6.21 Å². The fourth-order valence-electron chi connectivity index (χ4n) is 2.76. The molecule has 0 saturated carbocycles. The number of para-hydroxylation sites is 1. The molecule has 0 fully saturated rings. The summed E-state index contributed by atoms with van der Waals surface area (Å²) in [6.45, 7) is 2.51. The zero-order valence-corrected chi connectivity index (χ0v) is 13.1. The van der Waals surface area contributed by atoms with Crippen molar-refractivity contribution in [2.24, 2.45) is 5.10 Å². The minimum atomic E-state index is -0.283. The zero-order chi connectivity index (χ0) is 16.1. The van der Waals surface area contributed by atoms with Crippen molar-refractivity contribution in [3.8, 4) is 5.75 Å². The fourth-order valence-corrected chi connectivity index (χ4v) is 2.76. The summed E-state index contributed by atoms with van der Waals surface area (Å²) in [5.41, 5.74) is 5.92. The lowest BCUT2D eigenvalue weighted by Crippen LogP contribution is -2.20. The van der Waals surface area contributed by atoms with Crippen molar-refractivity contribution in [3.63, 3.8) is 0 Å². The van der Waals surface area contributed by atoms with Crippen molar-refractivity contribution in [3.05, 3.63) is 46.8 Å². The normalized spacial score (nSPS) is 13.8. The summed E-state index contributed by atoms with van der Waals surface area (Å²) >= 11 is 0. The van der Waals surface area contributed by atoms with Crippen LogP contribution in [-0.4, -0.2) is 28.9 Å². The number of amides is 1. The van der Waals surface area contributed by atoms with E-state index in [1.165, 1.54) is 0 Å². The van der Waals surface area contributed by atoms with E-state index in [0.717, 1.165) is 48.3 Å². The standard InChI is InChI=1S/C17H20N4O2/c1-2-23-15-10-6-3-7-12(15)11-18-21-17(22)16-13-8-4-5-9-14(13)19-20-16/h3,6-7,10-11H,2,4-5,8-9H2,1H3,(H,19,20)(H,21,22)/b18-11+. The number of aromatic amines is 1. The highest BCUT2D eigenvalue weighted by molar-refractivity contribution is 5.95. The van der Waals surface area contributed by atoms with Crippen LogP contribution in [0.25, 0.3) is 0 Å². The Morgan fingerprint density at radius 3 is 3.09 bits per heavy atom. The quantitative estimate of drug-likeness (QED) is 0.657. The number of benzene rings is 1. The molecule has 2 aromatic rings. The third-order valence-electron chi connectivity index (χ3n) is 3.86. The molecule has 1 heterocycles. The van der Waals surface area contributed by atoms with Gasteiger partial charge >= 0.3 is 0 Å². The van der Waals surface area contributed by atoms with Gasteiger partial charge in [-0.3, -0.25) is 9.89 Å². The number of carbonyl (C=O) groups excluding carboxylic acids is 1. The van der Waals surface area contributed by atoms with Gasteiger partial charge in [0.25, 0.3) is 5.91 Å². The Morgan fingerprint density at radius 2 is 2.22 bits per heavy atom. The van der Waals surface area contributed by atoms with Gasteiger partial charge < -0.3 is 4.74 Å². The number of carbonyl (C=O) groups is 1. The maximum Gasteiger partial charge on any atom is 0.292 e. The monoisotopic (exact) mass is 312 g/mol. The second kappa shape index (κ2) is 7.09. The Balaban J connectivity index is 1.68. The Labute approximate surface area is 134 Å². The molecule has 0 atom stereocenters. The summed E-state index contributed by atoms with van der Waals surface area (Å²) in [5, 5.41) is 11.1. The minimum absolute atomic E-state index is 0.283. The second-order valence-electron chi connectivity index (χ2n) is 5.41. The molecule has 1 aromatic carbocycles. The predicted molar refractivity (Wildman–Crippen MR) is 87.9 cm³/mol. The molecule has 0 radical (unpaired) electrons. The van der Waals surface area contributed by atoms with E-state index in [-0.39, 0.29) is 5.91 Å². The Morgan fingerprint density at radius 1 is 1.39 bits per heavy atom. The van der Waals surface area contributed by atoms with Gasteiger partial charge in [-0.1, -0.05) is 12.1 Å². The number of nitrogens with one attached hydrogen (secondary N) is 2. The molecule has 3 rings (SSSR count). The molecule has 0 aliphatic heterocycles. The first kappa shape index (κ1) is 15.3. The number of hydrogen-bond acceptors (Lipinski definition) is 4. The largest absolute Gasteiger partial charge is 0.493 e. The van der Waals surface area contributed by atoms with Gasteiger partial charge in [0.2, 0.25) is 0 Å². The third-order valence-corrected chi connectivity index (χ3v) is 3.86. The summed E-state index contributed by atoms with van der Waals surface area (Å²) < 4.78 is 5.52. The van der Waals surface area contributed by atoms with Crippen LogP contribution in [0.1, 0.15) is 47.1 Å². The van der Waals surface area contributed by atoms with Gasteiger partial charge in [0.05, 0.1) is 12.8 Å². The van der Waals surface area contributed by atoms with Gasteiger partial charge in [0, 0.05) is 16.8 Å². The van der Waals surface area contributed by atoms with Crippen LogP contribution in [-0.2, 0) is 12.8 Å². The van der Waals surface area contributed by atoms with Gasteiger partial charge in [-0.2, -0.15) is 10.2 Å². The third kappa shape index (κ3) is 3.41. The molecule has 1 amide bonds. The molecule has 6 nitrogen and oxygen atoms in total. The predicted octanol–water partition coefficient (Wildman–Crippen LogP) is 2.45. The molecule has 2 N–H and O–H groups in total. The van der Waals surface area contributed by atoms with Crippen molar-refractivity contribution in [1.82, 2.24) is 15.6 Å². The molecule has 0 saturated heterocycles. The fraction of sp³-hybridized carbons (Fsp3) is 0.353. The molecule has 1 aliphatic rings. The van der Waals surface area contributed by atoms with E-state index in [4.69, 9.17) is 4.74 Å². The summed E-state index contributed by atoms with van der Waals surface area (Å²) in [4.78, 5) is 12.2. The highest BCUT2D eigenvalue weighted by atomic mass is 16.5. The molecule has 0 bridgehead atoms. The van der Waals surface area contributed by atoms with Crippen molar-refractivity contribution >= 4 is 12.1 Å². The Kier molecular flexibility index (Phi) is 4.71. The minimum Gasteiger partial charge on any atom is -0.493 e. The maximum absolute atomic E-state index is 12.2. The highest BCUT2D eigenvalue weighted by Gasteiger charge is 2.21. The first-order valence-electron chi connectivity index (χ1n) is 7.91. The topological polar surface area (TPSA) is 79.4 Å². The van der Waals surface area contributed by atoms with Crippen LogP contribution in [0.5, 0.6) is 5.75 Å². The maximum atomic E-state index is 12.2. The number of ether oxygens (including phenoxy) is 1. The molecule has 0 unspecified atom stereocenters. The van der Waals surface area contributed by atoms with E-state index in [2.05, 4.69) is 20.7 Å². The van der Waals surface area contributed by atoms with Crippen molar-refractivity contribution in [2.45, 2.75) is 32.6 Å². The summed E-state index contributed by atoms with van der Waals surface area (Å²) in [6.07, 6.45) is 5.68. The molecule has 1 aromatic heterocycles. The van der Waals surface area contributed by atoms with E-state index in [9.17, 15) is 4.79 Å². The smallest absolute Gasteiger partial charge is 0.292 e. The van der Waals surface area contributed by atoms with Crippen LogP contribution in [0.2, 0.25) is 0 Å². The Hall–Kier alpha value is -2.63. The number of hydrazone groups is 1. The lowest BCUT2D eigenvalue weighted by Gasteiger charge is -2.10. The number of nitrogens with zero attached hydrogens (tertiary/aromatic N) is 2. The Bertz CT molecular complexity index is 721. The molecular formula is C17H20N4O2. The van der Waals surface area contributed by atoms with Crippen LogP contribution in [0.4, 0.5) is 0 Å². The second-order valence-corrected chi connectivity index (χ2v) is 5.41. The highest BCUT2D eigenvalue weighted by Crippen LogP contribution is 2.22. The van der Waals surface area contributed by atoms with Crippen LogP contribution >= 0.6 is 0 Å². The number of fused-ring (bicyclic) bond motifs is 1. The van der Waals surface area contributed by atoms with E-state index >= 15 is 0 Å². The lowest BCUT2D eigenvalue weighted by molar-refractivity contribution is 0.0949. The number of H-pyrrole nitrogens is 1. The van der Waals surface area contributed by atoms with Crippen molar-refractivity contribution in [1.29, 1.82) is 0 Å². The lowest BCUT2D eigenvalue weighted by atomic mass is 9.96. The van der Waals surface area contributed by atoms with Crippen molar-refractivity contribution < 1.29 is 9.53 Å². The number of aromatic nitrogens is 2. The number of rotatable bonds is 5. The van der Waals surface area contributed by atoms with E-state index in [0.29, 0.717) is 12.3 Å². The SMILES string of the molecule is CCOc1ccccc1/C=N/NC(=O)c1n[nH]c2c1CCCC2. The number of aryl methyl sites for hydroxylation is 1.